The maximum Gasteiger partial charge on any atom is 0.405 e. The Balaban J connectivity index is 2.56. The number of methoxy groups -OCH3 is 1. The first kappa shape index (κ1) is 14.5. The summed E-state index contributed by atoms with van der Waals surface area (Å²) in [4.78, 5) is 0. The van der Waals surface area contributed by atoms with Gasteiger partial charge in [-0.3, -0.25) is 0 Å². The zero-order valence-corrected chi connectivity index (χ0v) is 9.96. The van der Waals surface area contributed by atoms with Gasteiger partial charge in [-0.15, -0.1) is 6.58 Å². The number of ether oxygens (including phenoxy) is 1. The first-order chi connectivity index (χ1) is 7.99. The Hall–Kier alpha value is -0.590. The molecule has 0 aromatic carbocycles. The molecule has 0 amide bonds. The van der Waals surface area contributed by atoms with Crippen LogP contribution in [0.25, 0.3) is 0 Å². The lowest BCUT2D eigenvalue weighted by Crippen LogP contribution is -2.53. The normalized spacial score (nSPS) is 23.9. The highest BCUT2D eigenvalue weighted by molar-refractivity contribution is 4.85. The Labute approximate surface area is 99.6 Å². The van der Waals surface area contributed by atoms with Crippen molar-refractivity contribution in [3.8, 4) is 0 Å². The smallest absolute Gasteiger partial charge is 0.383 e. The number of hydrazine groups is 1. The van der Waals surface area contributed by atoms with E-state index in [2.05, 4.69) is 12.0 Å². The standard InChI is InChI=1S/C11H19F3N2O/c1-3-5-10(11(12,13)14)15-16-7-4-6-9(16)8-17-2/h3,9-10,15H,1,4-8H2,2H3/t9-,10+/m1/s1. The summed E-state index contributed by atoms with van der Waals surface area (Å²) in [6.07, 6.45) is -1.35. The van der Waals surface area contributed by atoms with E-state index in [1.165, 1.54) is 6.08 Å². The third-order valence-corrected chi connectivity index (χ3v) is 2.86. The molecule has 1 N–H and O–H groups in total. The number of alkyl halides is 3. The SMILES string of the molecule is C=CC[C@H](NN1CCC[C@@H]1COC)C(F)(F)F. The van der Waals surface area contributed by atoms with Crippen molar-refractivity contribution < 1.29 is 17.9 Å². The molecule has 1 fully saturated rings. The molecule has 0 aromatic rings. The Bertz CT molecular complexity index is 245. The number of hydrogen-bond donors (Lipinski definition) is 1. The number of nitrogens with one attached hydrogen (secondary N) is 1. The summed E-state index contributed by atoms with van der Waals surface area (Å²) >= 11 is 0. The number of rotatable bonds is 6. The number of halogens is 3. The molecule has 0 spiro atoms. The maximum atomic E-state index is 12.7. The Morgan fingerprint density at radius 1 is 1.59 bits per heavy atom. The summed E-state index contributed by atoms with van der Waals surface area (Å²) in [6.45, 7) is 4.43. The van der Waals surface area contributed by atoms with E-state index in [0.29, 0.717) is 13.2 Å². The van der Waals surface area contributed by atoms with E-state index in [9.17, 15) is 13.2 Å². The second-order valence-corrected chi connectivity index (χ2v) is 4.19. The average Bonchev–Trinajstić information content (AvgIpc) is 2.64. The van der Waals surface area contributed by atoms with E-state index in [-0.39, 0.29) is 12.5 Å². The van der Waals surface area contributed by atoms with Gasteiger partial charge in [-0.25, -0.2) is 10.4 Å². The van der Waals surface area contributed by atoms with Gasteiger partial charge in [0.15, 0.2) is 0 Å². The Morgan fingerprint density at radius 2 is 2.29 bits per heavy atom. The van der Waals surface area contributed by atoms with Gasteiger partial charge in [-0.1, -0.05) is 6.08 Å². The molecule has 1 aliphatic rings. The van der Waals surface area contributed by atoms with E-state index >= 15 is 0 Å². The summed E-state index contributed by atoms with van der Waals surface area (Å²) in [5.74, 6) is 0. The topological polar surface area (TPSA) is 24.5 Å². The van der Waals surface area contributed by atoms with Crippen molar-refractivity contribution in [1.82, 2.24) is 10.4 Å². The minimum atomic E-state index is -4.26. The van der Waals surface area contributed by atoms with Crippen LogP contribution >= 0.6 is 0 Å². The molecule has 0 saturated carbocycles. The van der Waals surface area contributed by atoms with Crippen molar-refractivity contribution in [2.75, 3.05) is 20.3 Å². The maximum absolute atomic E-state index is 12.7. The van der Waals surface area contributed by atoms with E-state index in [4.69, 9.17) is 4.74 Å². The van der Waals surface area contributed by atoms with Crippen LogP contribution in [-0.4, -0.2) is 43.5 Å². The number of nitrogens with zero attached hydrogens (tertiary/aromatic N) is 1. The fraction of sp³-hybridized carbons (Fsp3) is 0.818. The molecule has 100 valence electrons. The van der Waals surface area contributed by atoms with E-state index < -0.39 is 12.2 Å². The van der Waals surface area contributed by atoms with Crippen LogP contribution in [0.3, 0.4) is 0 Å². The molecule has 0 radical (unpaired) electrons. The number of hydrogen-bond acceptors (Lipinski definition) is 3. The molecule has 0 unspecified atom stereocenters. The minimum Gasteiger partial charge on any atom is -0.383 e. The zero-order chi connectivity index (χ0) is 12.9. The first-order valence-electron chi connectivity index (χ1n) is 5.68. The molecule has 0 aliphatic carbocycles. The second-order valence-electron chi connectivity index (χ2n) is 4.19. The van der Waals surface area contributed by atoms with Gasteiger partial charge in [-0.05, 0) is 19.3 Å². The molecule has 6 heteroatoms. The van der Waals surface area contributed by atoms with Crippen molar-refractivity contribution in [3.63, 3.8) is 0 Å². The van der Waals surface area contributed by atoms with Gasteiger partial charge in [0.2, 0.25) is 0 Å². The molecule has 2 atom stereocenters. The molecular weight excluding hydrogens is 233 g/mol. The second kappa shape index (κ2) is 6.37. The van der Waals surface area contributed by atoms with Gasteiger partial charge in [0.25, 0.3) is 0 Å². The Kier molecular flexibility index (Phi) is 5.42. The quantitative estimate of drug-likeness (QED) is 0.733. The summed E-state index contributed by atoms with van der Waals surface area (Å²) in [5, 5.41) is 1.64. The van der Waals surface area contributed by atoms with Crippen molar-refractivity contribution in [2.45, 2.75) is 37.5 Å². The largest absolute Gasteiger partial charge is 0.405 e. The third kappa shape index (κ3) is 4.29. The van der Waals surface area contributed by atoms with Gasteiger partial charge in [0, 0.05) is 19.7 Å². The molecule has 3 nitrogen and oxygen atoms in total. The molecule has 1 saturated heterocycles. The molecule has 1 rings (SSSR count). The summed E-state index contributed by atoms with van der Waals surface area (Å²) in [6, 6.07) is -1.54. The highest BCUT2D eigenvalue weighted by atomic mass is 19.4. The lowest BCUT2D eigenvalue weighted by molar-refractivity contribution is -0.169. The average molecular weight is 252 g/mol. The minimum absolute atomic E-state index is 0.0228. The van der Waals surface area contributed by atoms with Crippen LogP contribution in [0.4, 0.5) is 13.2 Å². The van der Waals surface area contributed by atoms with Crippen LogP contribution in [0.5, 0.6) is 0 Å². The summed E-state index contributed by atoms with van der Waals surface area (Å²) in [7, 11) is 1.56. The van der Waals surface area contributed by atoms with Crippen LogP contribution in [0.2, 0.25) is 0 Å². The van der Waals surface area contributed by atoms with E-state index in [0.717, 1.165) is 12.8 Å². The summed E-state index contributed by atoms with van der Waals surface area (Å²) < 4.78 is 43.1. The van der Waals surface area contributed by atoms with Gasteiger partial charge in [0.05, 0.1) is 6.61 Å². The molecule has 1 aliphatic heterocycles. The fourth-order valence-corrected chi connectivity index (χ4v) is 2.00. The molecule has 1 heterocycles. The molecule has 0 aromatic heterocycles. The predicted octanol–water partition coefficient (Wildman–Crippen LogP) is 2.11. The lowest BCUT2D eigenvalue weighted by atomic mass is 10.2. The highest BCUT2D eigenvalue weighted by Crippen LogP contribution is 2.25. The molecule has 0 bridgehead atoms. The molecule has 17 heavy (non-hydrogen) atoms. The van der Waals surface area contributed by atoms with Crippen LogP contribution in [0, 0.1) is 0 Å². The van der Waals surface area contributed by atoms with Crippen LogP contribution in [-0.2, 0) is 4.74 Å². The van der Waals surface area contributed by atoms with Crippen molar-refractivity contribution in [1.29, 1.82) is 0 Å². The van der Waals surface area contributed by atoms with Crippen LogP contribution < -0.4 is 5.43 Å². The zero-order valence-electron chi connectivity index (χ0n) is 9.96. The van der Waals surface area contributed by atoms with Gasteiger partial charge >= 0.3 is 6.18 Å². The summed E-state index contributed by atoms with van der Waals surface area (Å²) in [5.41, 5.74) is 2.55. The molecular formula is C11H19F3N2O. The van der Waals surface area contributed by atoms with Gasteiger partial charge in [0.1, 0.15) is 6.04 Å². The highest BCUT2D eigenvalue weighted by Gasteiger charge is 2.41. The third-order valence-electron chi connectivity index (χ3n) is 2.86. The van der Waals surface area contributed by atoms with Crippen LogP contribution in [0.1, 0.15) is 19.3 Å². The Morgan fingerprint density at radius 3 is 2.82 bits per heavy atom. The van der Waals surface area contributed by atoms with Crippen molar-refractivity contribution in [3.05, 3.63) is 12.7 Å². The van der Waals surface area contributed by atoms with Crippen molar-refractivity contribution in [2.24, 2.45) is 0 Å². The van der Waals surface area contributed by atoms with Crippen molar-refractivity contribution >= 4 is 0 Å². The van der Waals surface area contributed by atoms with E-state index in [1.807, 2.05) is 0 Å². The van der Waals surface area contributed by atoms with Gasteiger partial charge in [-0.2, -0.15) is 13.2 Å². The predicted molar refractivity (Wildman–Crippen MR) is 59.4 cm³/mol. The van der Waals surface area contributed by atoms with E-state index in [1.54, 1.807) is 12.1 Å². The first-order valence-corrected chi connectivity index (χ1v) is 5.68. The fourth-order valence-electron chi connectivity index (χ4n) is 2.00. The monoisotopic (exact) mass is 252 g/mol. The van der Waals surface area contributed by atoms with Gasteiger partial charge < -0.3 is 4.74 Å². The lowest BCUT2D eigenvalue weighted by Gasteiger charge is -2.30. The van der Waals surface area contributed by atoms with Crippen LogP contribution in [0.15, 0.2) is 12.7 Å².